The molecule has 1 heterocycles. The summed E-state index contributed by atoms with van der Waals surface area (Å²) in [7, 11) is 0. The number of aromatic nitrogens is 1. The molecule has 25 heavy (non-hydrogen) atoms. The zero-order chi connectivity index (χ0) is 17.1. The van der Waals surface area contributed by atoms with Gasteiger partial charge in [0.2, 0.25) is 0 Å². The van der Waals surface area contributed by atoms with Crippen LogP contribution >= 0.6 is 11.6 Å². The molecule has 3 heteroatoms. The van der Waals surface area contributed by atoms with Crippen molar-refractivity contribution in [1.29, 1.82) is 0 Å². The second-order valence-corrected chi connectivity index (χ2v) is 6.36. The van der Waals surface area contributed by atoms with Crippen LogP contribution < -0.4 is 5.32 Å². The van der Waals surface area contributed by atoms with Crippen molar-refractivity contribution in [3.8, 4) is 11.1 Å². The SMILES string of the molecule is Clc1ccc2nc(NCc3ccccc3)cc(-c3ccccc3)c2c1. The number of pyridine rings is 1. The first-order valence-corrected chi connectivity index (χ1v) is 8.61. The molecule has 0 unspecified atom stereocenters. The van der Waals surface area contributed by atoms with Gasteiger partial charge in [-0.2, -0.15) is 0 Å². The molecular formula is C22H17ClN2. The molecule has 0 atom stereocenters. The average Bonchev–Trinajstić information content (AvgIpc) is 2.67. The van der Waals surface area contributed by atoms with E-state index < -0.39 is 0 Å². The topological polar surface area (TPSA) is 24.9 Å². The first kappa shape index (κ1) is 15.7. The summed E-state index contributed by atoms with van der Waals surface area (Å²) in [4.78, 5) is 4.75. The third-order valence-corrected chi connectivity index (χ3v) is 4.41. The second-order valence-electron chi connectivity index (χ2n) is 5.92. The third kappa shape index (κ3) is 3.49. The van der Waals surface area contributed by atoms with Crippen molar-refractivity contribution in [3.05, 3.63) is 95.5 Å². The van der Waals surface area contributed by atoms with Gasteiger partial charge < -0.3 is 5.32 Å². The van der Waals surface area contributed by atoms with Crippen LogP contribution in [0.15, 0.2) is 84.9 Å². The Balaban J connectivity index is 1.77. The lowest BCUT2D eigenvalue weighted by molar-refractivity contribution is 1.12. The summed E-state index contributed by atoms with van der Waals surface area (Å²) in [6.07, 6.45) is 0. The number of anilines is 1. The average molecular weight is 345 g/mol. The largest absolute Gasteiger partial charge is 0.366 e. The molecule has 0 bridgehead atoms. The zero-order valence-electron chi connectivity index (χ0n) is 13.6. The van der Waals surface area contributed by atoms with Gasteiger partial charge >= 0.3 is 0 Å². The van der Waals surface area contributed by atoms with Gasteiger partial charge in [-0.3, -0.25) is 0 Å². The van der Waals surface area contributed by atoms with Crippen molar-refractivity contribution in [1.82, 2.24) is 4.98 Å². The van der Waals surface area contributed by atoms with Gasteiger partial charge in [-0.05, 0) is 41.0 Å². The number of nitrogens with one attached hydrogen (secondary N) is 1. The lowest BCUT2D eigenvalue weighted by Gasteiger charge is -2.12. The van der Waals surface area contributed by atoms with E-state index in [-0.39, 0.29) is 0 Å². The van der Waals surface area contributed by atoms with Crippen LogP contribution in [0.25, 0.3) is 22.0 Å². The molecule has 0 amide bonds. The molecule has 1 aromatic heterocycles. The highest BCUT2D eigenvalue weighted by Gasteiger charge is 2.08. The Bertz CT molecular complexity index is 998. The molecule has 0 aliphatic rings. The van der Waals surface area contributed by atoms with Crippen molar-refractivity contribution < 1.29 is 0 Å². The highest BCUT2D eigenvalue weighted by atomic mass is 35.5. The maximum Gasteiger partial charge on any atom is 0.127 e. The summed E-state index contributed by atoms with van der Waals surface area (Å²) >= 11 is 6.22. The van der Waals surface area contributed by atoms with Crippen LogP contribution in [-0.4, -0.2) is 4.98 Å². The predicted molar refractivity (Wildman–Crippen MR) is 106 cm³/mol. The molecule has 1 N–H and O–H groups in total. The molecule has 0 saturated heterocycles. The Labute approximate surface area is 152 Å². The zero-order valence-corrected chi connectivity index (χ0v) is 14.4. The van der Waals surface area contributed by atoms with Gasteiger partial charge in [-0.1, -0.05) is 72.3 Å². The number of benzene rings is 3. The van der Waals surface area contributed by atoms with E-state index in [0.717, 1.165) is 39.4 Å². The highest BCUT2D eigenvalue weighted by Crippen LogP contribution is 2.32. The Hall–Kier alpha value is -2.84. The van der Waals surface area contributed by atoms with Gasteiger partial charge in [0, 0.05) is 17.0 Å². The smallest absolute Gasteiger partial charge is 0.127 e. The standard InChI is InChI=1S/C22H17ClN2/c23-18-11-12-21-20(13-18)19(17-9-5-2-6-10-17)14-22(25-21)24-15-16-7-3-1-4-8-16/h1-14H,15H2,(H,24,25). The fraction of sp³-hybridized carbons (Fsp3) is 0.0455. The predicted octanol–water partition coefficient (Wildman–Crippen LogP) is 6.17. The minimum Gasteiger partial charge on any atom is -0.366 e. The van der Waals surface area contributed by atoms with Crippen LogP contribution in [0, 0.1) is 0 Å². The molecule has 0 aliphatic heterocycles. The maximum absolute atomic E-state index is 6.22. The Kier molecular flexibility index (Phi) is 4.36. The molecule has 0 saturated carbocycles. The van der Waals surface area contributed by atoms with Crippen LogP contribution in [0.4, 0.5) is 5.82 Å². The van der Waals surface area contributed by atoms with E-state index in [1.807, 2.05) is 54.6 Å². The summed E-state index contributed by atoms with van der Waals surface area (Å²) in [5, 5.41) is 5.21. The van der Waals surface area contributed by atoms with E-state index in [2.05, 4.69) is 35.6 Å². The van der Waals surface area contributed by atoms with E-state index in [4.69, 9.17) is 16.6 Å². The summed E-state index contributed by atoms with van der Waals surface area (Å²) in [6, 6.07) is 28.6. The Morgan fingerprint density at radius 1 is 0.800 bits per heavy atom. The molecule has 0 fully saturated rings. The molecule has 4 aromatic rings. The van der Waals surface area contributed by atoms with Gasteiger partial charge in [0.05, 0.1) is 5.52 Å². The minimum atomic E-state index is 0.719. The third-order valence-electron chi connectivity index (χ3n) is 4.17. The number of hydrogen-bond acceptors (Lipinski definition) is 2. The van der Waals surface area contributed by atoms with Gasteiger partial charge in [0.25, 0.3) is 0 Å². The van der Waals surface area contributed by atoms with Crippen LogP contribution in [0.5, 0.6) is 0 Å². The maximum atomic E-state index is 6.22. The van der Waals surface area contributed by atoms with Crippen molar-refractivity contribution in [2.45, 2.75) is 6.54 Å². The fourth-order valence-electron chi connectivity index (χ4n) is 2.93. The first-order chi connectivity index (χ1) is 12.3. The summed E-state index contributed by atoms with van der Waals surface area (Å²) < 4.78 is 0. The van der Waals surface area contributed by atoms with Crippen LogP contribution in [0.2, 0.25) is 5.02 Å². The number of hydrogen-bond donors (Lipinski definition) is 1. The molecule has 122 valence electrons. The highest BCUT2D eigenvalue weighted by molar-refractivity contribution is 6.31. The Morgan fingerprint density at radius 2 is 1.52 bits per heavy atom. The first-order valence-electron chi connectivity index (χ1n) is 8.23. The monoisotopic (exact) mass is 344 g/mol. The second kappa shape index (κ2) is 6.96. The number of fused-ring (bicyclic) bond motifs is 1. The van der Waals surface area contributed by atoms with Crippen molar-refractivity contribution in [2.24, 2.45) is 0 Å². The molecule has 0 radical (unpaired) electrons. The van der Waals surface area contributed by atoms with E-state index in [1.165, 1.54) is 5.56 Å². The van der Waals surface area contributed by atoms with E-state index in [1.54, 1.807) is 0 Å². The summed E-state index contributed by atoms with van der Waals surface area (Å²) in [6.45, 7) is 0.737. The lowest BCUT2D eigenvalue weighted by Crippen LogP contribution is -2.02. The summed E-state index contributed by atoms with van der Waals surface area (Å²) in [5.41, 5.74) is 4.44. The molecule has 2 nitrogen and oxygen atoms in total. The Morgan fingerprint density at radius 3 is 2.28 bits per heavy atom. The van der Waals surface area contributed by atoms with Crippen molar-refractivity contribution in [2.75, 3.05) is 5.32 Å². The van der Waals surface area contributed by atoms with Gasteiger partial charge in [0.1, 0.15) is 5.82 Å². The minimum absolute atomic E-state index is 0.719. The van der Waals surface area contributed by atoms with Gasteiger partial charge in [0.15, 0.2) is 0 Å². The van der Waals surface area contributed by atoms with Gasteiger partial charge in [-0.25, -0.2) is 4.98 Å². The van der Waals surface area contributed by atoms with Crippen molar-refractivity contribution in [3.63, 3.8) is 0 Å². The normalized spacial score (nSPS) is 10.8. The van der Waals surface area contributed by atoms with E-state index in [9.17, 15) is 0 Å². The van der Waals surface area contributed by atoms with Gasteiger partial charge in [-0.15, -0.1) is 0 Å². The molecule has 4 rings (SSSR count). The van der Waals surface area contributed by atoms with Crippen LogP contribution in [-0.2, 0) is 6.54 Å². The molecule has 0 spiro atoms. The van der Waals surface area contributed by atoms with E-state index >= 15 is 0 Å². The molecule has 3 aromatic carbocycles. The molecule has 0 aliphatic carbocycles. The number of nitrogens with zero attached hydrogens (tertiary/aromatic N) is 1. The lowest BCUT2D eigenvalue weighted by atomic mass is 10.0. The quantitative estimate of drug-likeness (QED) is 0.479. The van der Waals surface area contributed by atoms with Crippen LogP contribution in [0.1, 0.15) is 5.56 Å². The number of halogens is 1. The fourth-order valence-corrected chi connectivity index (χ4v) is 3.11. The van der Waals surface area contributed by atoms with Crippen LogP contribution in [0.3, 0.4) is 0 Å². The van der Waals surface area contributed by atoms with E-state index in [0.29, 0.717) is 0 Å². The molecular weight excluding hydrogens is 328 g/mol. The summed E-state index contributed by atoms with van der Waals surface area (Å²) in [5.74, 6) is 0.859. The van der Waals surface area contributed by atoms with Crippen molar-refractivity contribution >= 4 is 28.3 Å². The number of rotatable bonds is 4.